The van der Waals surface area contributed by atoms with E-state index in [1.807, 2.05) is 18.9 Å². The number of likely N-dealkylation sites (tertiary alicyclic amines) is 1. The lowest BCUT2D eigenvalue weighted by atomic mass is 9.99. The van der Waals surface area contributed by atoms with Gasteiger partial charge in [0, 0.05) is 0 Å². The molecule has 2 N–H and O–H groups in total. The third-order valence-corrected chi connectivity index (χ3v) is 2.53. The van der Waals surface area contributed by atoms with E-state index in [-0.39, 0.29) is 11.4 Å². The van der Waals surface area contributed by atoms with Crippen molar-refractivity contribution in [1.29, 1.82) is 0 Å². The molecule has 1 aliphatic heterocycles. The van der Waals surface area contributed by atoms with Crippen LogP contribution in [0.1, 0.15) is 19.8 Å². The Hall–Kier alpha value is -0.570. The van der Waals surface area contributed by atoms with Crippen LogP contribution in [0.4, 0.5) is 0 Å². The lowest BCUT2D eigenvalue weighted by Crippen LogP contribution is -2.49. The van der Waals surface area contributed by atoms with E-state index in [0.717, 1.165) is 19.4 Å². The first-order valence-electron chi connectivity index (χ1n) is 3.58. The van der Waals surface area contributed by atoms with Crippen molar-refractivity contribution < 1.29 is 4.79 Å². The van der Waals surface area contributed by atoms with Crippen molar-refractivity contribution in [2.75, 3.05) is 13.6 Å². The number of nitrogens with two attached hydrogens (primary N) is 1. The summed E-state index contributed by atoms with van der Waals surface area (Å²) in [6.07, 6.45) is 1.98. The Morgan fingerprint density at radius 1 is 1.70 bits per heavy atom. The predicted octanol–water partition coefficient (Wildman–Crippen LogP) is -0.0440. The summed E-state index contributed by atoms with van der Waals surface area (Å²) in [6, 6.07) is 0. The summed E-state index contributed by atoms with van der Waals surface area (Å²) in [7, 11) is 1.94. The van der Waals surface area contributed by atoms with E-state index in [1.54, 1.807) is 0 Å². The van der Waals surface area contributed by atoms with Crippen molar-refractivity contribution in [3.63, 3.8) is 0 Å². The first-order chi connectivity index (χ1) is 4.57. The van der Waals surface area contributed by atoms with Crippen LogP contribution in [0.2, 0.25) is 0 Å². The SMILES string of the molecule is CN1CCCC1(C)C(N)=O. The summed E-state index contributed by atoms with van der Waals surface area (Å²) in [5, 5.41) is 0. The Bertz CT molecular complexity index is 158. The van der Waals surface area contributed by atoms with Gasteiger partial charge in [-0.15, -0.1) is 0 Å². The third kappa shape index (κ3) is 0.904. The molecular formula is C7H14N2O. The van der Waals surface area contributed by atoms with Gasteiger partial charge in [0.05, 0.1) is 5.54 Å². The maximum atomic E-state index is 10.9. The number of nitrogens with zero attached hydrogens (tertiary/aromatic N) is 1. The van der Waals surface area contributed by atoms with Crippen LogP contribution in [0.15, 0.2) is 0 Å². The highest BCUT2D eigenvalue weighted by molar-refractivity contribution is 5.84. The lowest BCUT2D eigenvalue weighted by Gasteiger charge is -2.28. The van der Waals surface area contributed by atoms with E-state index in [4.69, 9.17) is 5.73 Å². The standard InChI is InChI=1S/C7H14N2O/c1-7(6(8)10)4-3-5-9(7)2/h3-5H2,1-2H3,(H2,8,10). The molecule has 0 aromatic rings. The summed E-state index contributed by atoms with van der Waals surface area (Å²) < 4.78 is 0. The van der Waals surface area contributed by atoms with Gasteiger partial charge in [-0.2, -0.15) is 0 Å². The molecule has 3 heteroatoms. The molecule has 0 aromatic heterocycles. The molecular weight excluding hydrogens is 128 g/mol. The Kier molecular flexibility index (Phi) is 1.68. The van der Waals surface area contributed by atoms with Gasteiger partial charge in [0.15, 0.2) is 0 Å². The summed E-state index contributed by atoms with van der Waals surface area (Å²) in [4.78, 5) is 12.9. The Morgan fingerprint density at radius 2 is 2.30 bits per heavy atom. The first kappa shape index (κ1) is 7.54. The maximum absolute atomic E-state index is 10.9. The van der Waals surface area contributed by atoms with Crippen molar-refractivity contribution in [2.24, 2.45) is 5.73 Å². The van der Waals surface area contributed by atoms with Crippen LogP contribution in [0.5, 0.6) is 0 Å². The smallest absolute Gasteiger partial charge is 0.237 e. The van der Waals surface area contributed by atoms with Gasteiger partial charge in [0.25, 0.3) is 0 Å². The van der Waals surface area contributed by atoms with Crippen LogP contribution in [0, 0.1) is 0 Å². The fraction of sp³-hybridized carbons (Fsp3) is 0.857. The summed E-state index contributed by atoms with van der Waals surface area (Å²) in [5.41, 5.74) is 4.87. The van der Waals surface area contributed by atoms with Gasteiger partial charge in [0.2, 0.25) is 5.91 Å². The number of carbonyl (C=O) groups excluding carboxylic acids is 1. The average Bonchev–Trinajstić information content (AvgIpc) is 2.15. The highest BCUT2D eigenvalue weighted by atomic mass is 16.1. The number of carbonyl (C=O) groups is 1. The molecule has 1 heterocycles. The first-order valence-corrected chi connectivity index (χ1v) is 3.58. The zero-order chi connectivity index (χ0) is 7.78. The van der Waals surface area contributed by atoms with Gasteiger partial charge in [-0.25, -0.2) is 0 Å². The minimum absolute atomic E-state index is 0.201. The number of rotatable bonds is 1. The molecule has 1 atom stereocenters. The van der Waals surface area contributed by atoms with Crippen LogP contribution in [0.25, 0.3) is 0 Å². The molecule has 1 fully saturated rings. The van der Waals surface area contributed by atoms with Crippen molar-refractivity contribution in [1.82, 2.24) is 4.90 Å². The minimum atomic E-state index is -0.375. The molecule has 10 heavy (non-hydrogen) atoms. The molecule has 0 saturated carbocycles. The molecule has 1 unspecified atom stereocenters. The van der Waals surface area contributed by atoms with Crippen molar-refractivity contribution in [3.05, 3.63) is 0 Å². The normalized spacial score (nSPS) is 34.6. The van der Waals surface area contributed by atoms with E-state index in [9.17, 15) is 4.79 Å². The fourth-order valence-electron chi connectivity index (χ4n) is 1.41. The second-order valence-corrected chi connectivity index (χ2v) is 3.16. The molecule has 0 spiro atoms. The molecule has 1 amide bonds. The lowest BCUT2D eigenvalue weighted by molar-refractivity contribution is -0.126. The Labute approximate surface area is 61.2 Å². The van der Waals surface area contributed by atoms with Gasteiger partial charge in [-0.1, -0.05) is 0 Å². The molecule has 0 aliphatic carbocycles. The minimum Gasteiger partial charge on any atom is -0.368 e. The highest BCUT2D eigenvalue weighted by Crippen LogP contribution is 2.26. The van der Waals surface area contributed by atoms with Gasteiger partial charge in [-0.3, -0.25) is 9.69 Å². The van der Waals surface area contributed by atoms with E-state index in [1.165, 1.54) is 0 Å². The second-order valence-electron chi connectivity index (χ2n) is 3.16. The molecule has 58 valence electrons. The summed E-state index contributed by atoms with van der Waals surface area (Å²) >= 11 is 0. The maximum Gasteiger partial charge on any atom is 0.237 e. The average molecular weight is 142 g/mol. The molecule has 0 aromatic carbocycles. The van der Waals surface area contributed by atoms with Gasteiger partial charge in [-0.05, 0) is 33.4 Å². The molecule has 1 rings (SSSR count). The molecule has 3 nitrogen and oxygen atoms in total. The predicted molar refractivity (Wildman–Crippen MR) is 39.5 cm³/mol. The number of amides is 1. The number of hydrogen-bond acceptors (Lipinski definition) is 2. The largest absolute Gasteiger partial charge is 0.368 e. The summed E-state index contributed by atoms with van der Waals surface area (Å²) in [5.74, 6) is -0.201. The van der Waals surface area contributed by atoms with E-state index >= 15 is 0 Å². The van der Waals surface area contributed by atoms with E-state index in [2.05, 4.69) is 0 Å². The van der Waals surface area contributed by atoms with Crippen LogP contribution >= 0.6 is 0 Å². The number of likely N-dealkylation sites (N-methyl/N-ethyl adjacent to an activating group) is 1. The number of hydrogen-bond donors (Lipinski definition) is 1. The molecule has 0 radical (unpaired) electrons. The summed E-state index contributed by atoms with van der Waals surface area (Å²) in [6.45, 7) is 2.89. The van der Waals surface area contributed by atoms with E-state index < -0.39 is 0 Å². The molecule has 1 aliphatic rings. The van der Waals surface area contributed by atoms with Gasteiger partial charge in [0.1, 0.15) is 0 Å². The van der Waals surface area contributed by atoms with Crippen LogP contribution in [0.3, 0.4) is 0 Å². The van der Waals surface area contributed by atoms with Crippen molar-refractivity contribution in [3.8, 4) is 0 Å². The van der Waals surface area contributed by atoms with Gasteiger partial charge < -0.3 is 5.73 Å². The van der Waals surface area contributed by atoms with Crippen molar-refractivity contribution in [2.45, 2.75) is 25.3 Å². The quantitative estimate of drug-likeness (QED) is 0.558. The number of primary amides is 1. The Morgan fingerprint density at radius 3 is 2.50 bits per heavy atom. The highest BCUT2D eigenvalue weighted by Gasteiger charge is 2.38. The zero-order valence-electron chi connectivity index (χ0n) is 6.55. The van der Waals surface area contributed by atoms with E-state index in [0.29, 0.717) is 0 Å². The Balaban J connectivity index is 2.75. The fourth-order valence-corrected chi connectivity index (χ4v) is 1.41. The monoisotopic (exact) mass is 142 g/mol. The van der Waals surface area contributed by atoms with Crippen LogP contribution in [-0.4, -0.2) is 29.9 Å². The topological polar surface area (TPSA) is 46.3 Å². The molecule has 0 bridgehead atoms. The van der Waals surface area contributed by atoms with Crippen molar-refractivity contribution >= 4 is 5.91 Å². The third-order valence-electron chi connectivity index (χ3n) is 2.53. The second kappa shape index (κ2) is 2.23. The van der Waals surface area contributed by atoms with Crippen LogP contribution < -0.4 is 5.73 Å². The molecule has 1 saturated heterocycles. The zero-order valence-corrected chi connectivity index (χ0v) is 6.55. The van der Waals surface area contributed by atoms with Gasteiger partial charge >= 0.3 is 0 Å². The van der Waals surface area contributed by atoms with Crippen LogP contribution in [-0.2, 0) is 4.79 Å².